The molecule has 2 rings (SSSR count). The number of pyridine rings is 1. The zero-order chi connectivity index (χ0) is 12.4. The van der Waals surface area contributed by atoms with Crippen molar-refractivity contribution in [1.82, 2.24) is 4.98 Å². The second kappa shape index (κ2) is 4.67. The Morgan fingerprint density at radius 3 is 2.65 bits per heavy atom. The number of aromatic nitrogens is 1. The van der Waals surface area contributed by atoms with Crippen LogP contribution in [-0.2, 0) is 0 Å². The number of halogens is 3. The van der Waals surface area contributed by atoms with Crippen LogP contribution < -0.4 is 10.5 Å². The number of rotatable bonds is 2. The molecular formula is C11H7BrF2N2O. The number of hydrogen-bond acceptors (Lipinski definition) is 3. The van der Waals surface area contributed by atoms with E-state index >= 15 is 0 Å². The van der Waals surface area contributed by atoms with Crippen LogP contribution in [0.3, 0.4) is 0 Å². The second-order valence-corrected chi connectivity index (χ2v) is 4.13. The molecule has 88 valence electrons. The largest absolute Gasteiger partial charge is 0.450 e. The number of ether oxygens (including phenoxy) is 1. The SMILES string of the molecule is Nc1ncc(Br)cc1Oc1ccc(F)cc1F. The molecule has 0 radical (unpaired) electrons. The molecule has 0 aliphatic heterocycles. The first-order chi connectivity index (χ1) is 8.06. The Bertz CT molecular complexity index is 563. The van der Waals surface area contributed by atoms with Crippen LogP contribution in [0.25, 0.3) is 0 Å². The molecule has 2 N–H and O–H groups in total. The maximum atomic E-state index is 13.3. The van der Waals surface area contributed by atoms with Gasteiger partial charge >= 0.3 is 0 Å². The van der Waals surface area contributed by atoms with Crippen molar-refractivity contribution in [1.29, 1.82) is 0 Å². The normalized spacial score (nSPS) is 10.3. The molecule has 1 aromatic carbocycles. The molecule has 17 heavy (non-hydrogen) atoms. The molecule has 0 amide bonds. The van der Waals surface area contributed by atoms with Crippen molar-refractivity contribution in [3.8, 4) is 11.5 Å². The van der Waals surface area contributed by atoms with Crippen LogP contribution in [0.5, 0.6) is 11.5 Å². The number of nitrogen functional groups attached to an aromatic ring is 1. The summed E-state index contributed by atoms with van der Waals surface area (Å²) in [4.78, 5) is 3.83. The van der Waals surface area contributed by atoms with Gasteiger partial charge in [-0.3, -0.25) is 0 Å². The van der Waals surface area contributed by atoms with E-state index in [1.807, 2.05) is 0 Å². The lowest BCUT2D eigenvalue weighted by molar-refractivity contribution is 0.438. The minimum absolute atomic E-state index is 0.113. The average Bonchev–Trinajstić information content (AvgIpc) is 2.27. The monoisotopic (exact) mass is 300 g/mol. The molecule has 3 nitrogen and oxygen atoms in total. The Balaban J connectivity index is 2.34. The lowest BCUT2D eigenvalue weighted by Gasteiger charge is -2.08. The van der Waals surface area contributed by atoms with Crippen LogP contribution in [0.2, 0.25) is 0 Å². The highest BCUT2D eigenvalue weighted by Gasteiger charge is 2.09. The third-order valence-corrected chi connectivity index (χ3v) is 2.40. The lowest BCUT2D eigenvalue weighted by Crippen LogP contribution is -1.96. The van der Waals surface area contributed by atoms with E-state index in [4.69, 9.17) is 10.5 Å². The molecule has 0 unspecified atom stereocenters. The van der Waals surface area contributed by atoms with Gasteiger partial charge in [-0.25, -0.2) is 13.8 Å². The minimum Gasteiger partial charge on any atom is -0.450 e. The topological polar surface area (TPSA) is 48.1 Å². The van der Waals surface area contributed by atoms with Crippen LogP contribution in [0.15, 0.2) is 34.9 Å². The molecule has 0 saturated carbocycles. The van der Waals surface area contributed by atoms with Gasteiger partial charge in [0.2, 0.25) is 0 Å². The predicted molar refractivity (Wildman–Crippen MR) is 62.8 cm³/mol. The predicted octanol–water partition coefficient (Wildman–Crippen LogP) is 3.50. The summed E-state index contributed by atoms with van der Waals surface area (Å²) in [7, 11) is 0. The van der Waals surface area contributed by atoms with E-state index < -0.39 is 11.6 Å². The maximum Gasteiger partial charge on any atom is 0.170 e. The van der Waals surface area contributed by atoms with E-state index in [1.165, 1.54) is 12.3 Å². The number of benzene rings is 1. The van der Waals surface area contributed by atoms with E-state index in [0.29, 0.717) is 4.47 Å². The van der Waals surface area contributed by atoms with Crippen LogP contribution >= 0.6 is 15.9 Å². The number of nitrogens with two attached hydrogens (primary N) is 1. The summed E-state index contributed by atoms with van der Waals surface area (Å²) in [6, 6.07) is 4.56. The van der Waals surface area contributed by atoms with Gasteiger partial charge in [-0.05, 0) is 28.1 Å². The first-order valence-electron chi connectivity index (χ1n) is 4.60. The van der Waals surface area contributed by atoms with Crippen LogP contribution in [0.1, 0.15) is 0 Å². The Morgan fingerprint density at radius 1 is 1.18 bits per heavy atom. The molecule has 0 saturated heterocycles. The number of anilines is 1. The standard InChI is InChI=1S/C11H7BrF2N2O/c12-6-3-10(11(15)16-5-6)17-9-2-1-7(13)4-8(9)14/h1-5H,(H2,15,16). The Labute approximate surface area is 104 Å². The molecular weight excluding hydrogens is 294 g/mol. The number of hydrogen-bond donors (Lipinski definition) is 1. The van der Waals surface area contributed by atoms with Gasteiger partial charge in [0.05, 0.1) is 0 Å². The minimum atomic E-state index is -0.802. The molecule has 0 aliphatic rings. The fourth-order valence-electron chi connectivity index (χ4n) is 1.19. The van der Waals surface area contributed by atoms with Crippen molar-refractivity contribution < 1.29 is 13.5 Å². The zero-order valence-electron chi connectivity index (χ0n) is 8.45. The van der Waals surface area contributed by atoms with Crippen molar-refractivity contribution in [2.75, 3.05) is 5.73 Å². The molecule has 6 heteroatoms. The lowest BCUT2D eigenvalue weighted by atomic mass is 10.3. The van der Waals surface area contributed by atoms with E-state index in [9.17, 15) is 8.78 Å². The van der Waals surface area contributed by atoms with Crippen molar-refractivity contribution >= 4 is 21.7 Å². The van der Waals surface area contributed by atoms with Gasteiger partial charge in [-0.1, -0.05) is 0 Å². The van der Waals surface area contributed by atoms with E-state index in [1.54, 1.807) is 6.07 Å². The van der Waals surface area contributed by atoms with Crippen molar-refractivity contribution in [3.63, 3.8) is 0 Å². The average molecular weight is 301 g/mol. The molecule has 0 aliphatic carbocycles. The van der Waals surface area contributed by atoms with Gasteiger partial charge in [0.25, 0.3) is 0 Å². The third-order valence-electron chi connectivity index (χ3n) is 1.96. The summed E-state index contributed by atoms with van der Waals surface area (Å²) >= 11 is 3.19. The molecule has 0 bridgehead atoms. The number of nitrogens with zero attached hydrogens (tertiary/aromatic N) is 1. The van der Waals surface area contributed by atoms with Crippen molar-refractivity contribution in [2.24, 2.45) is 0 Å². The van der Waals surface area contributed by atoms with Crippen molar-refractivity contribution in [3.05, 3.63) is 46.6 Å². The van der Waals surface area contributed by atoms with Crippen LogP contribution in [0, 0.1) is 11.6 Å². The Hall–Kier alpha value is -1.69. The molecule has 0 fully saturated rings. The van der Waals surface area contributed by atoms with Gasteiger partial charge in [0.15, 0.2) is 23.1 Å². The van der Waals surface area contributed by atoms with Gasteiger partial charge in [-0.15, -0.1) is 0 Å². The van der Waals surface area contributed by atoms with Crippen LogP contribution in [0.4, 0.5) is 14.6 Å². The molecule has 1 aromatic heterocycles. The summed E-state index contributed by atoms with van der Waals surface area (Å²) in [6.45, 7) is 0. The van der Waals surface area contributed by atoms with Gasteiger partial charge < -0.3 is 10.5 Å². The van der Waals surface area contributed by atoms with Crippen molar-refractivity contribution in [2.45, 2.75) is 0 Å². The first kappa shape index (κ1) is 11.8. The van der Waals surface area contributed by atoms with Gasteiger partial charge in [0.1, 0.15) is 5.82 Å². The fourth-order valence-corrected chi connectivity index (χ4v) is 1.50. The molecule has 0 spiro atoms. The van der Waals surface area contributed by atoms with Crippen LogP contribution in [-0.4, -0.2) is 4.98 Å². The molecule has 1 heterocycles. The quantitative estimate of drug-likeness (QED) is 0.923. The second-order valence-electron chi connectivity index (χ2n) is 3.21. The highest BCUT2D eigenvalue weighted by Crippen LogP contribution is 2.30. The molecule has 2 aromatic rings. The summed E-state index contributed by atoms with van der Waals surface area (Å²) < 4.78 is 31.9. The van der Waals surface area contributed by atoms with E-state index in [0.717, 1.165) is 12.1 Å². The highest BCUT2D eigenvalue weighted by molar-refractivity contribution is 9.10. The zero-order valence-corrected chi connectivity index (χ0v) is 10.0. The first-order valence-corrected chi connectivity index (χ1v) is 5.39. The van der Waals surface area contributed by atoms with E-state index in [2.05, 4.69) is 20.9 Å². The summed E-state index contributed by atoms with van der Waals surface area (Å²) in [5.41, 5.74) is 5.56. The fraction of sp³-hybridized carbons (Fsp3) is 0. The Kier molecular flexibility index (Phi) is 3.23. The third kappa shape index (κ3) is 2.71. The summed E-state index contributed by atoms with van der Waals surface area (Å²) in [6.07, 6.45) is 1.49. The smallest absolute Gasteiger partial charge is 0.170 e. The molecule has 0 atom stereocenters. The summed E-state index contributed by atoms with van der Waals surface area (Å²) in [5.74, 6) is -1.26. The highest BCUT2D eigenvalue weighted by atomic mass is 79.9. The van der Waals surface area contributed by atoms with Gasteiger partial charge in [-0.2, -0.15) is 0 Å². The Morgan fingerprint density at radius 2 is 1.94 bits per heavy atom. The van der Waals surface area contributed by atoms with E-state index in [-0.39, 0.29) is 17.3 Å². The summed E-state index contributed by atoms with van der Waals surface area (Å²) in [5, 5.41) is 0. The van der Waals surface area contributed by atoms with Gasteiger partial charge in [0, 0.05) is 22.8 Å². The maximum absolute atomic E-state index is 13.3.